The highest BCUT2D eigenvalue weighted by molar-refractivity contribution is 7.86. The highest BCUT2D eigenvalue weighted by Gasteiger charge is 2.18. The Morgan fingerprint density at radius 1 is 1.22 bits per heavy atom. The maximum absolute atomic E-state index is 11.0. The third kappa shape index (κ3) is 2.44. The predicted octanol–water partition coefficient (Wildman–Crippen LogP) is 1.72. The van der Waals surface area contributed by atoms with E-state index in [0.717, 1.165) is 6.07 Å². The molecule has 9 heteroatoms. The first-order chi connectivity index (χ1) is 8.29. The average Bonchev–Trinajstić information content (AvgIpc) is 2.66. The van der Waals surface area contributed by atoms with Gasteiger partial charge in [0.1, 0.15) is 4.90 Å². The van der Waals surface area contributed by atoms with E-state index >= 15 is 0 Å². The van der Waals surface area contributed by atoms with Crippen molar-refractivity contribution in [3.63, 3.8) is 0 Å². The van der Waals surface area contributed by atoms with Crippen LogP contribution in [0, 0.1) is 0 Å². The molecule has 6 nitrogen and oxygen atoms in total. The second-order valence-electron chi connectivity index (χ2n) is 3.37. The number of hydrogen-bond donors (Lipinski definition) is 2. The molecule has 1 aromatic carbocycles. The van der Waals surface area contributed by atoms with Gasteiger partial charge < -0.3 is 0 Å². The van der Waals surface area contributed by atoms with Gasteiger partial charge >= 0.3 is 0 Å². The third-order valence-electron chi connectivity index (χ3n) is 2.14. The molecular formula is C9H6Cl2N2O4S. The largest absolute Gasteiger partial charge is 0.296 e. The molecule has 0 spiro atoms. The van der Waals surface area contributed by atoms with Crippen LogP contribution in [-0.2, 0) is 10.1 Å². The number of nitrogens with zero attached hydrogens (tertiary/aromatic N) is 1. The van der Waals surface area contributed by atoms with Gasteiger partial charge in [-0.15, -0.1) is 0 Å². The summed E-state index contributed by atoms with van der Waals surface area (Å²) in [4.78, 5) is 10.5. The van der Waals surface area contributed by atoms with Crippen molar-refractivity contribution in [2.24, 2.45) is 0 Å². The number of halogens is 2. The minimum absolute atomic E-state index is 0.0128. The molecule has 18 heavy (non-hydrogen) atoms. The Morgan fingerprint density at radius 3 is 2.39 bits per heavy atom. The quantitative estimate of drug-likeness (QED) is 0.826. The molecule has 0 aliphatic carbocycles. The zero-order valence-electron chi connectivity index (χ0n) is 8.59. The maximum atomic E-state index is 11.0. The smallest absolute Gasteiger partial charge is 0.282 e. The predicted molar refractivity (Wildman–Crippen MR) is 66.2 cm³/mol. The number of aromatic nitrogens is 2. The summed E-state index contributed by atoms with van der Waals surface area (Å²) in [5, 5.41) is 2.24. The highest BCUT2D eigenvalue weighted by atomic mass is 35.5. The van der Waals surface area contributed by atoms with Gasteiger partial charge in [-0.1, -0.05) is 23.2 Å². The molecule has 0 amide bonds. The van der Waals surface area contributed by atoms with Crippen molar-refractivity contribution in [1.29, 1.82) is 0 Å². The first-order valence-corrected chi connectivity index (χ1v) is 6.73. The zero-order chi connectivity index (χ0) is 13.5. The van der Waals surface area contributed by atoms with Gasteiger partial charge in [-0.05, 0) is 12.1 Å². The summed E-state index contributed by atoms with van der Waals surface area (Å²) >= 11 is 11.6. The molecule has 2 rings (SSSR count). The Morgan fingerprint density at radius 2 is 1.89 bits per heavy atom. The minimum Gasteiger partial charge on any atom is -0.282 e. The van der Waals surface area contributed by atoms with Crippen LogP contribution in [0.4, 0.5) is 0 Å². The molecule has 0 radical (unpaired) electrons. The summed E-state index contributed by atoms with van der Waals surface area (Å²) in [6.07, 6.45) is 1.41. The molecule has 0 unspecified atom stereocenters. The van der Waals surface area contributed by atoms with Crippen LogP contribution >= 0.6 is 23.2 Å². The number of aromatic amines is 1. The number of rotatable bonds is 2. The lowest BCUT2D eigenvalue weighted by atomic mass is 10.3. The minimum atomic E-state index is -4.45. The molecule has 1 heterocycles. The van der Waals surface area contributed by atoms with Crippen molar-refractivity contribution in [3.05, 3.63) is 44.8 Å². The molecule has 0 saturated heterocycles. The fourth-order valence-corrected chi connectivity index (χ4v) is 2.72. The summed E-state index contributed by atoms with van der Waals surface area (Å²) in [5.41, 5.74) is -0.0581. The van der Waals surface area contributed by atoms with Gasteiger partial charge in [0.2, 0.25) is 0 Å². The van der Waals surface area contributed by atoms with Gasteiger partial charge in [0.15, 0.2) is 0 Å². The fourth-order valence-electron chi connectivity index (χ4n) is 1.38. The molecule has 2 N–H and O–H groups in total. The van der Waals surface area contributed by atoms with E-state index in [9.17, 15) is 13.2 Å². The van der Waals surface area contributed by atoms with Gasteiger partial charge in [-0.25, -0.2) is 0 Å². The van der Waals surface area contributed by atoms with Crippen molar-refractivity contribution >= 4 is 33.3 Å². The van der Waals surface area contributed by atoms with E-state index in [4.69, 9.17) is 27.8 Å². The van der Waals surface area contributed by atoms with Crippen LogP contribution in [0.1, 0.15) is 0 Å². The van der Waals surface area contributed by atoms with Crippen LogP contribution in [-0.4, -0.2) is 22.8 Å². The third-order valence-corrected chi connectivity index (χ3v) is 3.77. The molecule has 0 saturated carbocycles. The Kier molecular flexibility index (Phi) is 3.24. The Hall–Kier alpha value is -1.28. The first-order valence-electron chi connectivity index (χ1n) is 4.53. The van der Waals surface area contributed by atoms with E-state index in [2.05, 4.69) is 5.10 Å². The van der Waals surface area contributed by atoms with Crippen molar-refractivity contribution in [1.82, 2.24) is 9.78 Å². The Balaban J connectivity index is 2.67. The van der Waals surface area contributed by atoms with Gasteiger partial charge in [-0.2, -0.15) is 8.42 Å². The molecule has 0 aliphatic heterocycles. The molecule has 0 fully saturated rings. The van der Waals surface area contributed by atoms with E-state index in [1.807, 2.05) is 0 Å². The van der Waals surface area contributed by atoms with E-state index in [1.165, 1.54) is 23.0 Å². The van der Waals surface area contributed by atoms with Crippen molar-refractivity contribution < 1.29 is 13.0 Å². The Labute approximate surface area is 111 Å². The molecule has 96 valence electrons. The standard InChI is InChI=1S/C9H6Cl2N2O4S/c10-5-4-8(18(15,16)17)6(11)3-7(5)13-2-1-9(14)12-13/h1-4H,(H,12,14)(H,15,16,17). The monoisotopic (exact) mass is 308 g/mol. The summed E-state index contributed by atoms with van der Waals surface area (Å²) in [5.74, 6) is 0. The van der Waals surface area contributed by atoms with Gasteiger partial charge in [0, 0.05) is 12.3 Å². The molecule has 0 atom stereocenters. The molecule has 2 aromatic rings. The highest BCUT2D eigenvalue weighted by Crippen LogP contribution is 2.30. The topological polar surface area (TPSA) is 92.2 Å². The zero-order valence-corrected chi connectivity index (χ0v) is 10.9. The van der Waals surface area contributed by atoms with Crippen LogP contribution in [0.5, 0.6) is 0 Å². The fraction of sp³-hybridized carbons (Fsp3) is 0. The molecular weight excluding hydrogens is 303 g/mol. The van der Waals surface area contributed by atoms with Gasteiger partial charge in [-0.3, -0.25) is 19.1 Å². The SMILES string of the molecule is O=c1ccn(-c2cc(Cl)c(S(=O)(=O)O)cc2Cl)[nH]1. The summed E-state index contributed by atoms with van der Waals surface area (Å²) in [6.45, 7) is 0. The van der Waals surface area contributed by atoms with Crippen LogP contribution in [0.3, 0.4) is 0 Å². The van der Waals surface area contributed by atoms with Gasteiger partial charge in [0.25, 0.3) is 15.7 Å². The second kappa shape index (κ2) is 4.43. The first kappa shape index (κ1) is 13.2. The number of nitrogens with one attached hydrogen (secondary N) is 1. The molecule has 1 aromatic heterocycles. The van der Waals surface area contributed by atoms with Crippen LogP contribution < -0.4 is 5.56 Å². The normalized spacial score (nSPS) is 11.7. The lowest BCUT2D eigenvalue weighted by Crippen LogP contribution is -2.05. The van der Waals surface area contributed by atoms with Gasteiger partial charge in [0.05, 0.1) is 15.7 Å². The van der Waals surface area contributed by atoms with E-state index in [0.29, 0.717) is 0 Å². The summed E-state index contributed by atoms with van der Waals surface area (Å²) < 4.78 is 32.2. The van der Waals surface area contributed by atoms with Crippen molar-refractivity contribution in [3.8, 4) is 5.69 Å². The average molecular weight is 309 g/mol. The number of benzene rings is 1. The van der Waals surface area contributed by atoms with E-state index in [-0.39, 0.29) is 21.3 Å². The lowest BCUT2D eigenvalue weighted by Gasteiger charge is -2.08. The lowest BCUT2D eigenvalue weighted by molar-refractivity contribution is 0.483. The summed E-state index contributed by atoms with van der Waals surface area (Å²) in [6, 6.07) is 3.50. The Bertz CT molecular complexity index is 763. The number of H-pyrrole nitrogens is 1. The molecule has 0 bridgehead atoms. The van der Waals surface area contributed by atoms with Crippen molar-refractivity contribution in [2.45, 2.75) is 4.90 Å². The van der Waals surface area contributed by atoms with Crippen LogP contribution in [0.15, 0.2) is 34.1 Å². The summed E-state index contributed by atoms with van der Waals surface area (Å²) in [7, 11) is -4.45. The van der Waals surface area contributed by atoms with E-state index in [1.54, 1.807) is 0 Å². The maximum Gasteiger partial charge on any atom is 0.296 e. The van der Waals surface area contributed by atoms with E-state index < -0.39 is 15.0 Å². The van der Waals surface area contributed by atoms with Crippen molar-refractivity contribution in [2.75, 3.05) is 0 Å². The number of hydrogen-bond acceptors (Lipinski definition) is 3. The second-order valence-corrected chi connectivity index (χ2v) is 5.58. The molecule has 0 aliphatic rings. The van der Waals surface area contributed by atoms with Crippen LogP contribution in [0.25, 0.3) is 5.69 Å². The van der Waals surface area contributed by atoms with Crippen LogP contribution in [0.2, 0.25) is 10.0 Å².